The van der Waals surface area contributed by atoms with Crippen LogP contribution in [0.25, 0.3) is 0 Å². The van der Waals surface area contributed by atoms with Crippen molar-refractivity contribution in [1.29, 1.82) is 0 Å². The zero-order valence-corrected chi connectivity index (χ0v) is 10.7. The van der Waals surface area contributed by atoms with Gasteiger partial charge >= 0.3 is 0 Å². The lowest BCUT2D eigenvalue weighted by molar-refractivity contribution is 0.0938. The average molecular weight is 220 g/mol. The maximum atomic E-state index is 11.6. The van der Waals surface area contributed by atoms with Crippen LogP contribution < -0.4 is 5.32 Å². The van der Waals surface area contributed by atoms with E-state index in [9.17, 15) is 4.79 Å². The first kappa shape index (κ1) is 12.7. The van der Waals surface area contributed by atoms with Crippen molar-refractivity contribution < 1.29 is 4.79 Å². The number of hydrogen-bond donors (Lipinski definition) is 1. The first-order valence-electron chi connectivity index (χ1n) is 5.58. The molecule has 1 rings (SSSR count). The molecule has 0 aromatic carbocycles. The molecule has 0 fully saturated rings. The third kappa shape index (κ3) is 3.33. The number of amides is 1. The molecule has 1 aromatic heterocycles. The number of carbonyl (C=O) groups is 1. The van der Waals surface area contributed by atoms with Gasteiger partial charge in [0.15, 0.2) is 0 Å². The Bertz CT molecular complexity index is 361. The Kier molecular flexibility index (Phi) is 3.68. The van der Waals surface area contributed by atoms with Crippen molar-refractivity contribution in [2.24, 2.45) is 0 Å². The van der Waals surface area contributed by atoms with E-state index >= 15 is 0 Å². The van der Waals surface area contributed by atoms with Crippen molar-refractivity contribution in [2.45, 2.75) is 46.1 Å². The highest BCUT2D eigenvalue weighted by atomic mass is 16.1. The second-order valence-corrected chi connectivity index (χ2v) is 5.31. The van der Waals surface area contributed by atoms with Crippen LogP contribution >= 0.6 is 0 Å². The molecule has 0 spiro atoms. The summed E-state index contributed by atoms with van der Waals surface area (Å²) in [6, 6.07) is 3.87. The van der Waals surface area contributed by atoms with Crippen molar-refractivity contribution >= 4 is 5.91 Å². The topological polar surface area (TPSA) is 42.0 Å². The summed E-state index contributed by atoms with van der Waals surface area (Å²) in [7, 11) is 0. The van der Waals surface area contributed by atoms with Crippen LogP contribution in [0.1, 0.15) is 50.7 Å². The van der Waals surface area contributed by atoms with Gasteiger partial charge in [-0.1, -0.05) is 26.8 Å². The quantitative estimate of drug-likeness (QED) is 0.832. The van der Waals surface area contributed by atoms with Crippen molar-refractivity contribution in [1.82, 2.24) is 10.3 Å². The van der Waals surface area contributed by atoms with Crippen LogP contribution in [0.2, 0.25) is 0 Å². The fourth-order valence-corrected chi connectivity index (χ4v) is 1.31. The summed E-state index contributed by atoms with van der Waals surface area (Å²) in [6.07, 6.45) is 1.77. The minimum atomic E-state index is -0.115. The Morgan fingerprint density at radius 3 is 2.31 bits per heavy atom. The zero-order chi connectivity index (χ0) is 12.3. The van der Waals surface area contributed by atoms with E-state index < -0.39 is 0 Å². The van der Waals surface area contributed by atoms with Crippen LogP contribution in [0.3, 0.4) is 0 Å². The number of carbonyl (C=O) groups excluding carboxylic acids is 1. The summed E-state index contributed by atoms with van der Waals surface area (Å²) < 4.78 is 0. The molecule has 0 bridgehead atoms. The Labute approximate surface area is 97.3 Å². The molecule has 3 nitrogen and oxygen atoms in total. The minimum Gasteiger partial charge on any atom is -0.349 e. The van der Waals surface area contributed by atoms with E-state index in [4.69, 9.17) is 0 Å². The molecule has 1 heterocycles. The number of nitrogens with zero attached hydrogens (tertiary/aromatic N) is 1. The molecule has 0 aliphatic rings. The summed E-state index contributed by atoms with van der Waals surface area (Å²) in [5, 5.41) is 2.82. The van der Waals surface area contributed by atoms with Gasteiger partial charge in [0.25, 0.3) is 5.91 Å². The smallest absolute Gasteiger partial charge is 0.270 e. The molecule has 1 aromatic rings. The number of nitrogens with one attached hydrogen (secondary N) is 1. The first-order valence-corrected chi connectivity index (χ1v) is 5.58. The van der Waals surface area contributed by atoms with Gasteiger partial charge in [0.05, 0.1) is 0 Å². The Balaban J connectivity index is 2.83. The van der Waals surface area contributed by atoms with Gasteiger partial charge in [-0.05, 0) is 30.9 Å². The lowest BCUT2D eigenvalue weighted by atomic mass is 9.88. The van der Waals surface area contributed by atoms with Crippen LogP contribution in [-0.2, 0) is 5.41 Å². The Hall–Kier alpha value is -1.38. The van der Waals surface area contributed by atoms with Gasteiger partial charge in [-0.2, -0.15) is 0 Å². The van der Waals surface area contributed by atoms with Gasteiger partial charge in [-0.25, -0.2) is 0 Å². The molecule has 1 amide bonds. The van der Waals surface area contributed by atoms with Crippen molar-refractivity contribution in [3.63, 3.8) is 0 Å². The highest BCUT2D eigenvalue weighted by Crippen LogP contribution is 2.20. The summed E-state index contributed by atoms with van der Waals surface area (Å²) in [6.45, 7) is 10.2. The van der Waals surface area contributed by atoms with Gasteiger partial charge in [-0.3, -0.25) is 9.78 Å². The third-order valence-electron chi connectivity index (χ3n) is 2.28. The summed E-state index contributed by atoms with van der Waals surface area (Å²) in [5.41, 5.74) is 1.68. The molecule has 3 heteroatoms. The molecule has 0 radical (unpaired) electrons. The van der Waals surface area contributed by atoms with Gasteiger partial charge in [-0.15, -0.1) is 0 Å². The van der Waals surface area contributed by atoms with E-state index in [0.717, 1.165) is 5.56 Å². The second-order valence-electron chi connectivity index (χ2n) is 5.31. The normalized spacial score (nSPS) is 11.6. The maximum absolute atomic E-state index is 11.6. The van der Waals surface area contributed by atoms with Crippen LogP contribution in [0, 0.1) is 0 Å². The molecule has 1 N–H and O–H groups in total. The van der Waals surface area contributed by atoms with E-state index in [-0.39, 0.29) is 17.4 Å². The van der Waals surface area contributed by atoms with Crippen molar-refractivity contribution in [2.75, 3.05) is 0 Å². The molecule has 0 atom stereocenters. The molecule has 0 unspecified atom stereocenters. The molecular formula is C13H20N2O. The summed E-state index contributed by atoms with van der Waals surface area (Å²) >= 11 is 0. The van der Waals surface area contributed by atoms with Gasteiger partial charge in [0, 0.05) is 12.2 Å². The largest absolute Gasteiger partial charge is 0.349 e. The molecule has 88 valence electrons. The Morgan fingerprint density at radius 1 is 1.31 bits per heavy atom. The monoisotopic (exact) mass is 220 g/mol. The molecular weight excluding hydrogens is 200 g/mol. The van der Waals surface area contributed by atoms with E-state index in [1.165, 1.54) is 0 Å². The van der Waals surface area contributed by atoms with Crippen LogP contribution in [0.4, 0.5) is 0 Å². The summed E-state index contributed by atoms with van der Waals surface area (Å²) in [4.78, 5) is 15.8. The standard InChI is InChI=1S/C13H20N2O/c1-9(2)15-12(16)11-7-6-10(8-14-11)13(3,4)5/h6-9H,1-5H3,(H,15,16). The number of hydrogen-bond acceptors (Lipinski definition) is 2. The highest BCUT2D eigenvalue weighted by Gasteiger charge is 2.15. The van der Waals surface area contributed by atoms with Crippen LogP contribution in [0.5, 0.6) is 0 Å². The van der Waals surface area contributed by atoms with Crippen molar-refractivity contribution in [3.05, 3.63) is 29.6 Å². The van der Waals surface area contributed by atoms with Gasteiger partial charge in [0.2, 0.25) is 0 Å². The minimum absolute atomic E-state index is 0.0695. The molecule has 0 saturated heterocycles. The molecule has 16 heavy (non-hydrogen) atoms. The predicted molar refractivity (Wildman–Crippen MR) is 65.5 cm³/mol. The van der Waals surface area contributed by atoms with Crippen LogP contribution in [0.15, 0.2) is 18.3 Å². The van der Waals surface area contributed by atoms with E-state index in [2.05, 4.69) is 31.1 Å². The average Bonchev–Trinajstić information content (AvgIpc) is 2.15. The lowest BCUT2D eigenvalue weighted by Crippen LogP contribution is -2.30. The highest BCUT2D eigenvalue weighted by molar-refractivity contribution is 5.92. The third-order valence-corrected chi connectivity index (χ3v) is 2.28. The zero-order valence-electron chi connectivity index (χ0n) is 10.7. The van der Waals surface area contributed by atoms with Gasteiger partial charge < -0.3 is 5.32 Å². The lowest BCUT2D eigenvalue weighted by Gasteiger charge is -2.18. The first-order chi connectivity index (χ1) is 7.30. The number of pyridine rings is 1. The van der Waals surface area contributed by atoms with Crippen molar-refractivity contribution in [3.8, 4) is 0 Å². The SMILES string of the molecule is CC(C)NC(=O)c1ccc(C(C)(C)C)cn1. The fraction of sp³-hybridized carbons (Fsp3) is 0.538. The predicted octanol–water partition coefficient (Wildman–Crippen LogP) is 2.52. The Morgan fingerprint density at radius 2 is 1.94 bits per heavy atom. The molecule has 0 aliphatic carbocycles. The van der Waals surface area contributed by atoms with Gasteiger partial charge in [0.1, 0.15) is 5.69 Å². The maximum Gasteiger partial charge on any atom is 0.270 e. The molecule has 0 aliphatic heterocycles. The number of aromatic nitrogens is 1. The van der Waals surface area contributed by atoms with Crippen LogP contribution in [-0.4, -0.2) is 16.9 Å². The molecule has 0 saturated carbocycles. The van der Waals surface area contributed by atoms with E-state index in [0.29, 0.717) is 5.69 Å². The number of rotatable bonds is 2. The van der Waals surface area contributed by atoms with E-state index in [1.807, 2.05) is 19.9 Å². The fourth-order valence-electron chi connectivity index (χ4n) is 1.31. The second kappa shape index (κ2) is 4.64. The van der Waals surface area contributed by atoms with E-state index in [1.54, 1.807) is 12.3 Å². The summed E-state index contributed by atoms with van der Waals surface area (Å²) in [5.74, 6) is -0.115.